The molecule has 0 aromatic rings. The van der Waals surface area contributed by atoms with Crippen LogP contribution in [0.4, 0.5) is 0 Å². The number of rotatable bonds is 11. The predicted molar refractivity (Wildman–Crippen MR) is 105 cm³/mol. The number of hydrogen-bond acceptors (Lipinski definition) is 7. The first kappa shape index (κ1) is 29.4. The predicted octanol–water partition coefficient (Wildman–Crippen LogP) is 3.13. The molecule has 156 valence electrons. The average Bonchev–Trinajstić information content (AvgIpc) is 2.67. The van der Waals surface area contributed by atoms with Gasteiger partial charge in [-0.3, -0.25) is 0 Å². The lowest BCUT2D eigenvalue weighted by Gasteiger charge is -2.01. The largest absolute Gasteiger partial charge is 0.463 e. The van der Waals surface area contributed by atoms with Gasteiger partial charge in [0, 0.05) is 17.7 Å². The molecule has 0 heterocycles. The highest BCUT2D eigenvalue weighted by Crippen LogP contribution is 1.94. The van der Waals surface area contributed by atoms with Crippen LogP contribution in [0.3, 0.4) is 0 Å². The van der Waals surface area contributed by atoms with Gasteiger partial charge in [-0.05, 0) is 19.8 Å². The van der Waals surface area contributed by atoms with Gasteiger partial charge in [-0.25, -0.2) is 14.4 Å². The lowest BCUT2D eigenvalue weighted by Crippen LogP contribution is -2.05. The molecule has 0 atom stereocenters. The number of aliphatic hydroxyl groups is 1. The van der Waals surface area contributed by atoms with Crippen molar-refractivity contribution in [3.8, 4) is 0 Å². The van der Waals surface area contributed by atoms with Crippen molar-refractivity contribution in [3.63, 3.8) is 0 Å². The van der Waals surface area contributed by atoms with Crippen molar-refractivity contribution in [2.45, 2.75) is 46.5 Å². The normalized spacial score (nSPS) is 8.59. The molecule has 0 aliphatic rings. The molecule has 7 heteroatoms. The van der Waals surface area contributed by atoms with Crippen LogP contribution in [0, 0.1) is 0 Å². The van der Waals surface area contributed by atoms with Crippen molar-refractivity contribution in [1.29, 1.82) is 0 Å². The second kappa shape index (κ2) is 23.6. The van der Waals surface area contributed by atoms with Gasteiger partial charge in [-0.1, -0.05) is 46.4 Å². The van der Waals surface area contributed by atoms with Gasteiger partial charge < -0.3 is 19.3 Å². The molecule has 0 saturated heterocycles. The fourth-order valence-electron chi connectivity index (χ4n) is 1.01. The van der Waals surface area contributed by atoms with Crippen LogP contribution < -0.4 is 0 Å². The number of hydrogen-bond donors (Lipinski definition) is 1. The lowest BCUT2D eigenvalue weighted by atomic mass is 10.3. The molecular formula is C20H34O7. The van der Waals surface area contributed by atoms with E-state index in [2.05, 4.69) is 36.1 Å². The van der Waals surface area contributed by atoms with Crippen molar-refractivity contribution in [1.82, 2.24) is 0 Å². The Bertz CT molecular complexity index is 442. The second-order valence-electron chi connectivity index (χ2n) is 5.09. The standard InChI is InChI=1S/C8H14O2.C7H12O2.C5H8O3/c1-4-5-6-10-8(9)7(2)3;1-3-5-6-9-7(8)4-2;1-2-5(7)8-4-3-6/h2,4-6H2,1,3H3;4H,2-3,5-6H2,1H3;2,6H,1,3-4H2. The van der Waals surface area contributed by atoms with Crippen molar-refractivity contribution < 1.29 is 33.7 Å². The van der Waals surface area contributed by atoms with Gasteiger partial charge in [-0.15, -0.1) is 0 Å². The minimum Gasteiger partial charge on any atom is -0.463 e. The molecule has 0 unspecified atom stereocenters. The molecule has 0 fully saturated rings. The Kier molecular flexibility index (Phi) is 25.6. The van der Waals surface area contributed by atoms with Crippen LogP contribution in [0.15, 0.2) is 37.5 Å². The van der Waals surface area contributed by atoms with E-state index in [4.69, 9.17) is 9.84 Å². The molecule has 0 aliphatic heterocycles. The summed E-state index contributed by atoms with van der Waals surface area (Å²) in [7, 11) is 0. The Morgan fingerprint density at radius 3 is 1.59 bits per heavy atom. The van der Waals surface area contributed by atoms with E-state index in [1.54, 1.807) is 6.92 Å². The number of carbonyl (C=O) groups excluding carboxylic acids is 3. The van der Waals surface area contributed by atoms with Crippen LogP contribution >= 0.6 is 0 Å². The number of carbonyl (C=O) groups is 3. The molecule has 0 radical (unpaired) electrons. The quantitative estimate of drug-likeness (QED) is 0.252. The van der Waals surface area contributed by atoms with Gasteiger partial charge in [0.1, 0.15) is 6.61 Å². The molecule has 1 N–H and O–H groups in total. The van der Waals surface area contributed by atoms with Gasteiger partial charge in [0.2, 0.25) is 0 Å². The Morgan fingerprint density at radius 2 is 1.26 bits per heavy atom. The van der Waals surface area contributed by atoms with E-state index in [1.165, 1.54) is 6.08 Å². The number of ether oxygens (including phenoxy) is 3. The van der Waals surface area contributed by atoms with E-state index in [0.717, 1.165) is 31.8 Å². The highest BCUT2D eigenvalue weighted by atomic mass is 16.5. The summed E-state index contributed by atoms with van der Waals surface area (Å²) in [5.74, 6) is -1.11. The van der Waals surface area contributed by atoms with E-state index in [9.17, 15) is 14.4 Å². The van der Waals surface area contributed by atoms with Gasteiger partial charge in [0.05, 0.1) is 19.8 Å². The maximum absolute atomic E-state index is 10.7. The molecule has 0 aliphatic carbocycles. The van der Waals surface area contributed by atoms with E-state index in [-0.39, 0.29) is 25.2 Å². The van der Waals surface area contributed by atoms with Crippen LogP contribution in [0.2, 0.25) is 0 Å². The molecule has 27 heavy (non-hydrogen) atoms. The molecular weight excluding hydrogens is 352 g/mol. The summed E-state index contributed by atoms with van der Waals surface area (Å²) in [6.07, 6.45) is 6.18. The first-order valence-electron chi connectivity index (χ1n) is 8.82. The maximum Gasteiger partial charge on any atom is 0.333 e. The minimum absolute atomic E-state index is 0.0465. The molecule has 7 nitrogen and oxygen atoms in total. The van der Waals surface area contributed by atoms with Gasteiger partial charge >= 0.3 is 17.9 Å². The maximum atomic E-state index is 10.7. The summed E-state index contributed by atoms with van der Waals surface area (Å²) < 4.78 is 13.8. The Morgan fingerprint density at radius 1 is 0.852 bits per heavy atom. The van der Waals surface area contributed by atoms with Crippen LogP contribution in [-0.2, 0) is 28.6 Å². The summed E-state index contributed by atoms with van der Waals surface area (Å²) in [5.41, 5.74) is 0.469. The summed E-state index contributed by atoms with van der Waals surface area (Å²) in [5, 5.41) is 8.10. The number of aliphatic hydroxyl groups excluding tert-OH is 1. The van der Waals surface area contributed by atoms with Crippen molar-refractivity contribution in [2.75, 3.05) is 26.4 Å². The topological polar surface area (TPSA) is 99.1 Å². The molecule has 0 aromatic carbocycles. The van der Waals surface area contributed by atoms with Crippen LogP contribution in [-0.4, -0.2) is 49.4 Å². The molecule has 0 spiro atoms. The fraction of sp³-hybridized carbons (Fsp3) is 0.550. The van der Waals surface area contributed by atoms with Gasteiger partial charge in [0.25, 0.3) is 0 Å². The number of unbranched alkanes of at least 4 members (excludes halogenated alkanes) is 2. The van der Waals surface area contributed by atoms with E-state index in [1.807, 2.05) is 6.92 Å². The SMILES string of the molecule is C=C(C)C(=O)OCCCC.C=CC(=O)OCCCC.C=CC(=O)OCCO. The lowest BCUT2D eigenvalue weighted by molar-refractivity contribution is -0.139. The van der Waals surface area contributed by atoms with E-state index < -0.39 is 5.97 Å². The smallest absolute Gasteiger partial charge is 0.333 e. The van der Waals surface area contributed by atoms with Crippen molar-refractivity contribution in [2.24, 2.45) is 0 Å². The Balaban J connectivity index is -0.000000322. The molecule has 0 saturated carbocycles. The summed E-state index contributed by atoms with van der Waals surface area (Å²) in [6.45, 7) is 16.6. The van der Waals surface area contributed by atoms with Crippen molar-refractivity contribution >= 4 is 17.9 Å². The third-order valence-electron chi connectivity index (χ3n) is 2.49. The summed E-state index contributed by atoms with van der Waals surface area (Å²) >= 11 is 0. The van der Waals surface area contributed by atoms with E-state index in [0.29, 0.717) is 18.8 Å². The molecule has 0 rings (SSSR count). The highest BCUT2D eigenvalue weighted by Gasteiger charge is 2.00. The van der Waals surface area contributed by atoms with E-state index >= 15 is 0 Å². The third kappa shape index (κ3) is 28.7. The van der Waals surface area contributed by atoms with Crippen molar-refractivity contribution in [3.05, 3.63) is 37.5 Å². The fourth-order valence-corrected chi connectivity index (χ4v) is 1.01. The zero-order valence-electron chi connectivity index (χ0n) is 16.8. The van der Waals surface area contributed by atoms with Crippen LogP contribution in [0.25, 0.3) is 0 Å². The second-order valence-corrected chi connectivity index (χ2v) is 5.09. The first-order valence-corrected chi connectivity index (χ1v) is 8.82. The molecule has 0 amide bonds. The third-order valence-corrected chi connectivity index (χ3v) is 2.49. The Labute approximate surface area is 162 Å². The molecule has 0 bridgehead atoms. The summed E-state index contributed by atoms with van der Waals surface area (Å²) in [4.78, 5) is 31.2. The first-order chi connectivity index (χ1) is 12.8. The Hall–Kier alpha value is -2.41. The number of esters is 3. The average molecular weight is 386 g/mol. The highest BCUT2D eigenvalue weighted by molar-refractivity contribution is 5.86. The monoisotopic (exact) mass is 386 g/mol. The van der Waals surface area contributed by atoms with Gasteiger partial charge in [0.15, 0.2) is 0 Å². The zero-order chi connectivity index (χ0) is 21.5. The molecule has 0 aromatic heterocycles. The zero-order valence-corrected chi connectivity index (χ0v) is 16.8. The summed E-state index contributed by atoms with van der Waals surface area (Å²) in [6, 6.07) is 0. The van der Waals surface area contributed by atoms with Crippen LogP contribution in [0.1, 0.15) is 46.5 Å². The van der Waals surface area contributed by atoms with Gasteiger partial charge in [-0.2, -0.15) is 0 Å². The minimum atomic E-state index is -0.501. The van der Waals surface area contributed by atoms with Crippen LogP contribution in [0.5, 0.6) is 0 Å².